The first-order valence-electron chi connectivity index (χ1n) is 7.68. The molecule has 2 atom stereocenters. The summed E-state index contributed by atoms with van der Waals surface area (Å²) >= 11 is 4.67. The lowest BCUT2D eigenvalue weighted by Crippen LogP contribution is -2.42. The van der Waals surface area contributed by atoms with Crippen LogP contribution >= 0.6 is 12.6 Å². The van der Waals surface area contributed by atoms with E-state index in [1.54, 1.807) is 0 Å². The van der Waals surface area contributed by atoms with Crippen LogP contribution in [0.4, 0.5) is 0 Å². The third kappa shape index (κ3) is 2.40. The Morgan fingerprint density at radius 1 is 1.00 bits per heavy atom. The zero-order valence-corrected chi connectivity index (χ0v) is 11.9. The van der Waals surface area contributed by atoms with Crippen LogP contribution in [0.15, 0.2) is 0 Å². The van der Waals surface area contributed by atoms with Crippen LogP contribution in [0.25, 0.3) is 0 Å². The van der Waals surface area contributed by atoms with E-state index in [0.717, 1.165) is 17.7 Å². The molecule has 0 amide bonds. The average Bonchev–Trinajstić information content (AvgIpc) is 2.99. The second-order valence-electron chi connectivity index (χ2n) is 6.74. The van der Waals surface area contributed by atoms with E-state index in [1.807, 2.05) is 0 Å². The van der Waals surface area contributed by atoms with Crippen LogP contribution in [0.1, 0.15) is 57.8 Å². The van der Waals surface area contributed by atoms with Gasteiger partial charge in [-0.05, 0) is 55.7 Å². The Labute approximate surface area is 112 Å². The SMILES string of the molecule is SCC1(CN2CCC3CCCCC32)CCCC1. The number of likely N-dealkylation sites (tertiary alicyclic amines) is 1. The fourth-order valence-corrected chi connectivity index (χ4v) is 5.04. The van der Waals surface area contributed by atoms with E-state index >= 15 is 0 Å². The number of hydrogen-bond acceptors (Lipinski definition) is 2. The van der Waals surface area contributed by atoms with Gasteiger partial charge in [0, 0.05) is 12.6 Å². The van der Waals surface area contributed by atoms with Gasteiger partial charge in [0.2, 0.25) is 0 Å². The van der Waals surface area contributed by atoms with Crippen LogP contribution in [0, 0.1) is 11.3 Å². The normalized spacial score (nSPS) is 37.2. The molecule has 2 unspecified atom stereocenters. The molecule has 1 aliphatic heterocycles. The molecule has 1 nitrogen and oxygen atoms in total. The summed E-state index contributed by atoms with van der Waals surface area (Å²) in [6.45, 7) is 2.74. The van der Waals surface area contributed by atoms with Crippen LogP contribution in [0.3, 0.4) is 0 Å². The predicted octanol–water partition coefficient (Wildman–Crippen LogP) is 3.74. The Morgan fingerprint density at radius 3 is 2.53 bits per heavy atom. The summed E-state index contributed by atoms with van der Waals surface area (Å²) in [5.41, 5.74) is 0.579. The van der Waals surface area contributed by atoms with Crippen molar-refractivity contribution in [3.05, 3.63) is 0 Å². The highest BCUT2D eigenvalue weighted by molar-refractivity contribution is 7.80. The summed E-state index contributed by atoms with van der Waals surface area (Å²) in [6.07, 6.45) is 13.2. The number of thiol groups is 1. The van der Waals surface area contributed by atoms with Crippen LogP contribution in [-0.2, 0) is 0 Å². The minimum absolute atomic E-state index is 0.579. The van der Waals surface area contributed by atoms with Gasteiger partial charge in [-0.3, -0.25) is 4.90 Å². The summed E-state index contributed by atoms with van der Waals surface area (Å²) < 4.78 is 0. The average molecular weight is 253 g/mol. The second-order valence-corrected chi connectivity index (χ2v) is 7.05. The Balaban J connectivity index is 1.64. The molecule has 0 bridgehead atoms. The molecule has 1 saturated heterocycles. The summed E-state index contributed by atoms with van der Waals surface area (Å²) in [5.74, 6) is 2.16. The highest BCUT2D eigenvalue weighted by Crippen LogP contribution is 2.43. The second kappa shape index (κ2) is 5.13. The van der Waals surface area contributed by atoms with E-state index in [0.29, 0.717) is 5.41 Å². The van der Waals surface area contributed by atoms with Crippen LogP contribution in [0.2, 0.25) is 0 Å². The van der Waals surface area contributed by atoms with Gasteiger partial charge in [0.1, 0.15) is 0 Å². The van der Waals surface area contributed by atoms with Gasteiger partial charge in [-0.1, -0.05) is 25.7 Å². The van der Waals surface area contributed by atoms with Crippen molar-refractivity contribution in [2.24, 2.45) is 11.3 Å². The maximum absolute atomic E-state index is 4.67. The topological polar surface area (TPSA) is 3.24 Å². The molecular weight excluding hydrogens is 226 g/mol. The minimum Gasteiger partial charge on any atom is -0.300 e. The van der Waals surface area contributed by atoms with Crippen molar-refractivity contribution in [3.8, 4) is 0 Å². The zero-order valence-electron chi connectivity index (χ0n) is 11.0. The third-order valence-corrected chi connectivity index (χ3v) is 6.33. The number of nitrogens with zero attached hydrogens (tertiary/aromatic N) is 1. The lowest BCUT2D eigenvalue weighted by atomic mass is 9.83. The highest BCUT2D eigenvalue weighted by atomic mass is 32.1. The van der Waals surface area contributed by atoms with Crippen molar-refractivity contribution < 1.29 is 0 Å². The summed E-state index contributed by atoms with van der Waals surface area (Å²) in [7, 11) is 0. The monoisotopic (exact) mass is 253 g/mol. The quantitative estimate of drug-likeness (QED) is 0.750. The Kier molecular flexibility index (Phi) is 3.72. The molecule has 3 rings (SSSR count). The van der Waals surface area contributed by atoms with Gasteiger partial charge in [0.15, 0.2) is 0 Å². The van der Waals surface area contributed by atoms with Crippen molar-refractivity contribution >= 4 is 12.6 Å². The van der Waals surface area contributed by atoms with Crippen molar-refractivity contribution in [1.82, 2.24) is 4.90 Å². The minimum atomic E-state index is 0.579. The molecule has 3 fully saturated rings. The fourth-order valence-electron chi connectivity index (χ4n) is 4.62. The predicted molar refractivity (Wildman–Crippen MR) is 76.7 cm³/mol. The van der Waals surface area contributed by atoms with Crippen LogP contribution in [-0.4, -0.2) is 29.8 Å². The summed E-state index contributed by atoms with van der Waals surface area (Å²) in [4.78, 5) is 2.85. The maximum Gasteiger partial charge on any atom is 0.0124 e. The molecule has 0 radical (unpaired) electrons. The first-order chi connectivity index (χ1) is 8.33. The number of hydrogen-bond donors (Lipinski definition) is 1. The molecule has 0 N–H and O–H groups in total. The lowest BCUT2D eigenvalue weighted by molar-refractivity contribution is 0.124. The number of rotatable bonds is 3. The van der Waals surface area contributed by atoms with Gasteiger partial charge in [-0.25, -0.2) is 0 Å². The first-order valence-corrected chi connectivity index (χ1v) is 8.31. The third-order valence-electron chi connectivity index (χ3n) is 5.66. The molecule has 0 aromatic heterocycles. The molecule has 2 saturated carbocycles. The lowest BCUT2D eigenvalue weighted by Gasteiger charge is -2.38. The van der Waals surface area contributed by atoms with E-state index in [-0.39, 0.29) is 0 Å². The smallest absolute Gasteiger partial charge is 0.0124 e. The molecule has 0 aromatic carbocycles. The molecule has 3 aliphatic rings. The molecular formula is C15H27NS. The van der Waals surface area contributed by atoms with E-state index in [2.05, 4.69) is 17.5 Å². The first kappa shape index (κ1) is 12.3. The Morgan fingerprint density at radius 2 is 1.76 bits per heavy atom. The van der Waals surface area contributed by atoms with Crippen molar-refractivity contribution in [2.75, 3.05) is 18.8 Å². The van der Waals surface area contributed by atoms with E-state index in [1.165, 1.54) is 70.9 Å². The molecule has 98 valence electrons. The standard InChI is InChI=1S/C15H27NS/c17-12-15(8-3-4-9-15)11-16-10-7-13-5-1-2-6-14(13)16/h13-14,17H,1-12H2. The van der Waals surface area contributed by atoms with Gasteiger partial charge in [-0.15, -0.1) is 0 Å². The van der Waals surface area contributed by atoms with Gasteiger partial charge in [0.25, 0.3) is 0 Å². The fraction of sp³-hybridized carbons (Fsp3) is 1.00. The van der Waals surface area contributed by atoms with E-state index < -0.39 is 0 Å². The zero-order chi connectivity index (χ0) is 11.7. The molecule has 2 aliphatic carbocycles. The van der Waals surface area contributed by atoms with Gasteiger partial charge < -0.3 is 0 Å². The van der Waals surface area contributed by atoms with E-state index in [9.17, 15) is 0 Å². The molecule has 2 heteroatoms. The molecule has 0 aromatic rings. The van der Waals surface area contributed by atoms with Gasteiger partial charge >= 0.3 is 0 Å². The molecule has 0 spiro atoms. The van der Waals surface area contributed by atoms with Crippen molar-refractivity contribution in [3.63, 3.8) is 0 Å². The number of fused-ring (bicyclic) bond motifs is 1. The summed E-state index contributed by atoms with van der Waals surface area (Å²) in [5, 5.41) is 0. The summed E-state index contributed by atoms with van der Waals surface area (Å²) in [6, 6.07) is 0.945. The van der Waals surface area contributed by atoms with Crippen LogP contribution in [0.5, 0.6) is 0 Å². The van der Waals surface area contributed by atoms with Gasteiger partial charge in [-0.2, -0.15) is 12.6 Å². The van der Waals surface area contributed by atoms with Crippen molar-refractivity contribution in [1.29, 1.82) is 0 Å². The Hall–Kier alpha value is 0.310. The van der Waals surface area contributed by atoms with E-state index in [4.69, 9.17) is 0 Å². The largest absolute Gasteiger partial charge is 0.300 e. The van der Waals surface area contributed by atoms with Crippen molar-refractivity contribution in [2.45, 2.75) is 63.8 Å². The highest BCUT2D eigenvalue weighted by Gasteiger charge is 2.41. The molecule has 1 heterocycles. The Bertz CT molecular complexity index is 260. The van der Waals surface area contributed by atoms with Crippen LogP contribution < -0.4 is 0 Å². The van der Waals surface area contributed by atoms with Gasteiger partial charge in [0.05, 0.1) is 0 Å². The maximum atomic E-state index is 4.67. The molecule has 17 heavy (non-hydrogen) atoms.